The van der Waals surface area contributed by atoms with Crippen LogP contribution in [0.25, 0.3) is 11.1 Å². The zero-order valence-electron chi connectivity index (χ0n) is 19.1. The summed E-state index contributed by atoms with van der Waals surface area (Å²) < 4.78 is 39.1. The largest absolute Gasteiger partial charge is 0.486 e. The third-order valence-electron chi connectivity index (χ3n) is 6.90. The zero-order chi connectivity index (χ0) is 23.0. The highest BCUT2D eigenvalue weighted by Crippen LogP contribution is 2.36. The van der Waals surface area contributed by atoms with Crippen LogP contribution in [-0.4, -0.2) is 39.0 Å². The maximum absolute atomic E-state index is 13.2. The van der Waals surface area contributed by atoms with Crippen LogP contribution >= 0.6 is 0 Å². The van der Waals surface area contributed by atoms with E-state index in [0.29, 0.717) is 43.7 Å². The molecule has 3 aromatic rings. The first-order valence-electron chi connectivity index (χ1n) is 11.5. The lowest BCUT2D eigenvalue weighted by Gasteiger charge is -2.31. The normalized spacial score (nSPS) is 17.2. The van der Waals surface area contributed by atoms with Gasteiger partial charge in [0.05, 0.1) is 4.90 Å². The van der Waals surface area contributed by atoms with Crippen molar-refractivity contribution in [1.29, 1.82) is 0 Å². The minimum atomic E-state index is -3.55. The van der Waals surface area contributed by atoms with E-state index in [-0.39, 0.29) is 4.90 Å². The van der Waals surface area contributed by atoms with Crippen molar-refractivity contribution < 1.29 is 17.9 Å². The van der Waals surface area contributed by atoms with Gasteiger partial charge in [-0.15, -0.1) is 0 Å². The lowest BCUT2D eigenvalue weighted by Crippen LogP contribution is -2.37. The Morgan fingerprint density at radius 2 is 1.55 bits per heavy atom. The van der Waals surface area contributed by atoms with Crippen molar-refractivity contribution in [3.05, 3.63) is 77.4 Å². The van der Waals surface area contributed by atoms with Gasteiger partial charge in [0.2, 0.25) is 10.0 Å². The monoisotopic (exact) mass is 463 g/mol. The summed E-state index contributed by atoms with van der Waals surface area (Å²) in [5, 5.41) is 0. The highest BCUT2D eigenvalue weighted by Gasteiger charge is 2.31. The Morgan fingerprint density at radius 1 is 0.848 bits per heavy atom. The molecule has 5 rings (SSSR count). The third kappa shape index (κ3) is 4.25. The molecule has 1 fully saturated rings. The van der Waals surface area contributed by atoms with Crippen molar-refractivity contribution in [2.75, 3.05) is 26.3 Å². The van der Waals surface area contributed by atoms with Crippen molar-refractivity contribution >= 4 is 10.0 Å². The van der Waals surface area contributed by atoms with Gasteiger partial charge in [0.25, 0.3) is 0 Å². The first-order chi connectivity index (χ1) is 15.9. The average Bonchev–Trinajstić information content (AvgIpc) is 2.85. The Morgan fingerprint density at radius 3 is 2.27 bits per heavy atom. The van der Waals surface area contributed by atoms with Gasteiger partial charge >= 0.3 is 0 Å². The summed E-state index contributed by atoms with van der Waals surface area (Å²) >= 11 is 0. The van der Waals surface area contributed by atoms with Crippen LogP contribution < -0.4 is 9.47 Å². The molecule has 2 aliphatic rings. The molecule has 0 bridgehead atoms. The van der Waals surface area contributed by atoms with Crippen LogP contribution in [0.1, 0.15) is 35.4 Å². The number of nitrogens with zero attached hydrogens (tertiary/aromatic N) is 1. The van der Waals surface area contributed by atoms with Crippen LogP contribution in [0.4, 0.5) is 0 Å². The third-order valence-corrected chi connectivity index (χ3v) is 8.80. The molecule has 5 nitrogen and oxygen atoms in total. The predicted octanol–water partition coefficient (Wildman–Crippen LogP) is 5.31. The summed E-state index contributed by atoms with van der Waals surface area (Å²) in [5.74, 6) is 1.47. The maximum atomic E-state index is 13.2. The SMILES string of the molecule is Cc1cccc(-c2ccc(C3CCN(S(=O)(=O)c4ccc5c(c4)OCCO5)CC3)cc2)c1C. The Bertz CT molecular complexity index is 1260. The molecule has 6 heteroatoms. The molecule has 2 heterocycles. The van der Waals surface area contributed by atoms with Gasteiger partial charge in [-0.3, -0.25) is 0 Å². The van der Waals surface area contributed by atoms with E-state index in [4.69, 9.17) is 9.47 Å². The molecule has 0 spiro atoms. The zero-order valence-corrected chi connectivity index (χ0v) is 19.9. The van der Waals surface area contributed by atoms with E-state index >= 15 is 0 Å². The average molecular weight is 464 g/mol. The van der Waals surface area contributed by atoms with Gasteiger partial charge in [0, 0.05) is 19.2 Å². The molecule has 0 unspecified atom stereocenters. The molecular formula is C27H29NO4S. The number of fused-ring (bicyclic) bond motifs is 1. The van der Waals surface area contributed by atoms with E-state index in [9.17, 15) is 8.42 Å². The first-order valence-corrected chi connectivity index (χ1v) is 12.9. The highest BCUT2D eigenvalue weighted by molar-refractivity contribution is 7.89. The predicted molar refractivity (Wildman–Crippen MR) is 130 cm³/mol. The second kappa shape index (κ2) is 8.84. The van der Waals surface area contributed by atoms with Crippen LogP contribution in [0, 0.1) is 13.8 Å². The number of hydrogen-bond acceptors (Lipinski definition) is 4. The van der Waals surface area contributed by atoms with Crippen molar-refractivity contribution in [2.45, 2.75) is 37.5 Å². The lowest BCUT2D eigenvalue weighted by molar-refractivity contribution is 0.171. The summed E-state index contributed by atoms with van der Waals surface area (Å²) in [6, 6.07) is 20.1. The number of hydrogen-bond donors (Lipinski definition) is 0. The van der Waals surface area contributed by atoms with Gasteiger partial charge in [0.15, 0.2) is 11.5 Å². The van der Waals surface area contributed by atoms with E-state index in [0.717, 1.165) is 12.8 Å². The van der Waals surface area contributed by atoms with Gasteiger partial charge in [-0.05, 0) is 72.6 Å². The Hall–Kier alpha value is -2.83. The molecule has 0 amide bonds. The summed E-state index contributed by atoms with van der Waals surface area (Å²) in [4.78, 5) is 0.267. The summed E-state index contributed by atoms with van der Waals surface area (Å²) in [6.07, 6.45) is 1.62. The fourth-order valence-corrected chi connectivity index (χ4v) is 6.25. The Labute approximate surface area is 196 Å². The van der Waals surface area contributed by atoms with E-state index in [1.54, 1.807) is 22.5 Å². The first kappa shape index (κ1) is 22.0. The van der Waals surface area contributed by atoms with Crippen molar-refractivity contribution in [3.63, 3.8) is 0 Å². The molecule has 1 saturated heterocycles. The van der Waals surface area contributed by atoms with Gasteiger partial charge in [-0.1, -0.05) is 42.5 Å². The quantitative estimate of drug-likeness (QED) is 0.526. The number of ether oxygens (including phenoxy) is 2. The number of rotatable bonds is 4. The number of aryl methyl sites for hydroxylation is 1. The molecule has 172 valence electrons. The summed E-state index contributed by atoms with van der Waals surface area (Å²) in [6.45, 7) is 6.25. The smallest absolute Gasteiger partial charge is 0.243 e. The molecular weight excluding hydrogens is 434 g/mol. The van der Waals surface area contributed by atoms with Crippen LogP contribution in [0.2, 0.25) is 0 Å². The molecule has 0 radical (unpaired) electrons. The van der Waals surface area contributed by atoms with Crippen molar-refractivity contribution in [1.82, 2.24) is 4.31 Å². The molecule has 3 aromatic carbocycles. The molecule has 2 aliphatic heterocycles. The molecule has 0 N–H and O–H groups in total. The van der Waals surface area contributed by atoms with E-state index in [1.165, 1.54) is 27.8 Å². The van der Waals surface area contributed by atoms with Gasteiger partial charge < -0.3 is 9.47 Å². The number of sulfonamides is 1. The van der Waals surface area contributed by atoms with Crippen molar-refractivity contribution in [2.24, 2.45) is 0 Å². The maximum Gasteiger partial charge on any atom is 0.243 e. The minimum Gasteiger partial charge on any atom is -0.486 e. The fourth-order valence-electron chi connectivity index (χ4n) is 4.76. The van der Waals surface area contributed by atoms with Crippen LogP contribution in [0.15, 0.2) is 65.6 Å². The lowest BCUT2D eigenvalue weighted by atomic mass is 9.88. The number of benzene rings is 3. The van der Waals surface area contributed by atoms with E-state index < -0.39 is 10.0 Å². The number of piperidine rings is 1. The van der Waals surface area contributed by atoms with E-state index in [2.05, 4.69) is 56.3 Å². The second-order valence-electron chi connectivity index (χ2n) is 8.85. The molecule has 0 aliphatic carbocycles. The van der Waals surface area contributed by atoms with Crippen molar-refractivity contribution in [3.8, 4) is 22.6 Å². The van der Waals surface area contributed by atoms with Crippen LogP contribution in [0.3, 0.4) is 0 Å². The van der Waals surface area contributed by atoms with Gasteiger partial charge in [-0.25, -0.2) is 8.42 Å². The van der Waals surface area contributed by atoms with Gasteiger partial charge in [0.1, 0.15) is 13.2 Å². The Balaban J connectivity index is 1.27. The topological polar surface area (TPSA) is 55.8 Å². The summed E-state index contributed by atoms with van der Waals surface area (Å²) in [7, 11) is -3.55. The Kier molecular flexibility index (Phi) is 5.89. The van der Waals surface area contributed by atoms with E-state index in [1.807, 2.05) is 0 Å². The van der Waals surface area contributed by atoms with Crippen LogP contribution in [0.5, 0.6) is 11.5 Å². The minimum absolute atomic E-state index is 0.267. The highest BCUT2D eigenvalue weighted by atomic mass is 32.2. The second-order valence-corrected chi connectivity index (χ2v) is 10.8. The molecule has 0 saturated carbocycles. The summed E-state index contributed by atoms with van der Waals surface area (Å²) in [5.41, 5.74) is 6.37. The molecule has 0 aromatic heterocycles. The van der Waals surface area contributed by atoms with Crippen LogP contribution in [-0.2, 0) is 10.0 Å². The fraction of sp³-hybridized carbons (Fsp3) is 0.333. The molecule has 0 atom stereocenters. The molecule has 33 heavy (non-hydrogen) atoms. The standard InChI is InChI=1S/C27H29NO4S/c1-19-4-3-5-25(20(19)2)23-8-6-21(7-9-23)22-12-14-28(15-13-22)33(29,30)24-10-11-26-27(18-24)32-17-16-31-26/h3-11,18,22H,12-17H2,1-2H3. The van der Waals surface area contributed by atoms with Gasteiger partial charge in [-0.2, -0.15) is 4.31 Å².